The molecule has 0 amide bonds. The van der Waals surface area contributed by atoms with E-state index in [0.717, 1.165) is 45.5 Å². The van der Waals surface area contributed by atoms with Gasteiger partial charge < -0.3 is 0 Å². The summed E-state index contributed by atoms with van der Waals surface area (Å²) in [6.07, 6.45) is 6.93. The first-order valence-corrected chi connectivity index (χ1v) is 25.5. The van der Waals surface area contributed by atoms with Crippen LogP contribution in [0.2, 0.25) is 0 Å². The van der Waals surface area contributed by atoms with Gasteiger partial charge >= 0.3 is 0 Å². The lowest BCUT2D eigenvalue weighted by molar-refractivity contribution is -0.0398. The molecule has 0 atom stereocenters. The molecule has 2 nitrogen and oxygen atoms in total. The van der Waals surface area contributed by atoms with Gasteiger partial charge in [0.2, 0.25) is 0 Å². The van der Waals surface area contributed by atoms with Crippen molar-refractivity contribution < 1.29 is 0 Å². The minimum atomic E-state index is 0.0655. The van der Waals surface area contributed by atoms with Gasteiger partial charge in [-0.15, -0.1) is 0 Å². The minimum absolute atomic E-state index is 0.0655. The van der Waals surface area contributed by atoms with Gasteiger partial charge in [-0.25, -0.2) is 9.97 Å². The highest BCUT2D eigenvalue weighted by Gasteiger charge is 2.62. The largest absolute Gasteiger partial charge is 0.228 e. The number of fused-ring (bicyclic) bond motifs is 6. The van der Waals surface area contributed by atoms with E-state index in [0.29, 0.717) is 17.7 Å². The van der Waals surface area contributed by atoms with E-state index in [1.165, 1.54) is 103 Å². The molecule has 0 N–H and O–H groups in total. The monoisotopic (exact) mass is 894 g/mol. The first kappa shape index (κ1) is 40.0. The molecule has 2 heteroatoms. The molecule has 11 aromatic rings. The van der Waals surface area contributed by atoms with Crippen LogP contribution in [0.15, 0.2) is 218 Å². The molecule has 16 rings (SSSR count). The molecule has 5 aliphatic carbocycles. The Morgan fingerprint density at radius 2 is 0.800 bits per heavy atom. The maximum Gasteiger partial charge on any atom is 0.160 e. The van der Waals surface area contributed by atoms with E-state index in [1.54, 1.807) is 11.1 Å². The van der Waals surface area contributed by atoms with Crippen molar-refractivity contribution in [1.82, 2.24) is 9.97 Å². The van der Waals surface area contributed by atoms with Crippen molar-refractivity contribution in [1.29, 1.82) is 0 Å². The Hall–Kier alpha value is -7.94. The summed E-state index contributed by atoms with van der Waals surface area (Å²) in [6, 6.07) is 81.0. The van der Waals surface area contributed by atoms with E-state index < -0.39 is 0 Å². The molecular weight excluding hydrogens is 845 g/mol. The van der Waals surface area contributed by atoms with E-state index >= 15 is 0 Å². The van der Waals surface area contributed by atoms with Gasteiger partial charge in [-0.05, 0) is 174 Å². The number of rotatable bonds is 6. The lowest BCUT2D eigenvalue weighted by Gasteiger charge is -2.61. The van der Waals surface area contributed by atoms with Gasteiger partial charge in [0, 0.05) is 22.1 Å². The fraction of sp³-hybridized carbons (Fsp3) is 0.147. The Morgan fingerprint density at radius 1 is 0.314 bits per heavy atom. The third-order valence-electron chi connectivity index (χ3n) is 17.2. The molecule has 10 aromatic carbocycles. The topological polar surface area (TPSA) is 25.8 Å². The Labute approximate surface area is 409 Å². The number of nitrogens with zero attached hydrogens (tertiary/aromatic N) is 2. The predicted octanol–water partition coefficient (Wildman–Crippen LogP) is 17.7. The van der Waals surface area contributed by atoms with Gasteiger partial charge in [-0.3, -0.25) is 0 Å². The molecular formula is C68H50N2. The highest BCUT2D eigenvalue weighted by Crippen LogP contribution is 2.70. The summed E-state index contributed by atoms with van der Waals surface area (Å²) < 4.78 is 0. The average Bonchev–Trinajstić information content (AvgIpc) is 3.71. The highest BCUT2D eigenvalue weighted by atomic mass is 14.9. The van der Waals surface area contributed by atoms with E-state index in [1.807, 2.05) is 6.07 Å². The Bertz CT molecular complexity index is 3820. The summed E-state index contributed by atoms with van der Waals surface area (Å²) in [4.78, 5) is 10.5. The summed E-state index contributed by atoms with van der Waals surface area (Å²) in [7, 11) is 0. The second-order valence-corrected chi connectivity index (χ2v) is 20.8. The van der Waals surface area contributed by atoms with Crippen LogP contribution in [0, 0.1) is 23.7 Å². The van der Waals surface area contributed by atoms with Crippen LogP contribution in [0.3, 0.4) is 0 Å². The van der Waals surface area contributed by atoms with Crippen LogP contribution in [0.4, 0.5) is 0 Å². The van der Waals surface area contributed by atoms with Crippen LogP contribution in [0.5, 0.6) is 0 Å². The van der Waals surface area contributed by atoms with Crippen LogP contribution in [0.25, 0.3) is 111 Å². The van der Waals surface area contributed by atoms with Crippen molar-refractivity contribution in [2.75, 3.05) is 0 Å². The van der Waals surface area contributed by atoms with Crippen molar-refractivity contribution in [2.45, 2.75) is 37.5 Å². The molecule has 70 heavy (non-hydrogen) atoms. The van der Waals surface area contributed by atoms with E-state index in [9.17, 15) is 0 Å². The zero-order valence-electron chi connectivity index (χ0n) is 39.0. The standard InChI is InChI=1S/C68H50N2/c1-3-16-44(17-4-1)46-22-13-23-49(37-46)62-41-63(70-67(69-62)45-18-5-2-6-19-45)50-24-14-25-51(38-50)64-54-26-9-11-28-56(54)65(57-29-12-10-27-55(57)64)58-30-15-31-60-66(58)59-39-47-20-7-8-21-48(47)40-61(59)68(60)52-33-42-32-43(35-52)36-53(68)34-42/h1-31,37-43,52-53H,32-36H2. The van der Waals surface area contributed by atoms with Gasteiger partial charge in [0.05, 0.1) is 11.4 Å². The maximum absolute atomic E-state index is 5.32. The number of aromatic nitrogens is 2. The van der Waals surface area contributed by atoms with Crippen LogP contribution < -0.4 is 0 Å². The normalized spacial score (nSPS) is 20.6. The summed E-state index contributed by atoms with van der Waals surface area (Å²) in [6.45, 7) is 0. The molecule has 1 aromatic heterocycles. The fourth-order valence-corrected chi connectivity index (χ4v) is 14.6. The van der Waals surface area contributed by atoms with Crippen molar-refractivity contribution >= 4 is 32.3 Å². The first-order chi connectivity index (χ1) is 34.7. The smallest absolute Gasteiger partial charge is 0.160 e. The number of hydrogen-bond donors (Lipinski definition) is 0. The van der Waals surface area contributed by atoms with Crippen molar-refractivity contribution in [3.63, 3.8) is 0 Å². The van der Waals surface area contributed by atoms with Crippen LogP contribution in [-0.2, 0) is 5.41 Å². The summed E-state index contributed by atoms with van der Waals surface area (Å²) in [5.41, 5.74) is 18.6. The van der Waals surface area contributed by atoms with Crippen LogP contribution in [0.1, 0.15) is 43.2 Å². The van der Waals surface area contributed by atoms with E-state index in [4.69, 9.17) is 9.97 Å². The quantitative estimate of drug-likeness (QED) is 0.155. The van der Waals surface area contributed by atoms with Crippen LogP contribution in [-0.4, -0.2) is 9.97 Å². The van der Waals surface area contributed by atoms with Crippen molar-refractivity contribution in [3.05, 3.63) is 230 Å². The molecule has 1 spiro atoms. The number of hydrogen-bond acceptors (Lipinski definition) is 2. The molecule has 0 unspecified atom stereocenters. The zero-order valence-corrected chi connectivity index (χ0v) is 39.0. The minimum Gasteiger partial charge on any atom is -0.228 e. The Kier molecular flexibility index (Phi) is 8.88. The van der Waals surface area contributed by atoms with Crippen LogP contribution >= 0.6 is 0 Å². The second-order valence-electron chi connectivity index (χ2n) is 20.8. The molecule has 4 fully saturated rings. The molecule has 0 saturated heterocycles. The highest BCUT2D eigenvalue weighted by molar-refractivity contribution is 6.23. The summed E-state index contributed by atoms with van der Waals surface area (Å²) >= 11 is 0. The maximum atomic E-state index is 5.32. The lowest BCUT2D eigenvalue weighted by atomic mass is 9.43. The molecule has 332 valence electrons. The molecule has 5 aliphatic rings. The second kappa shape index (κ2) is 15.5. The SMILES string of the molecule is c1ccc(-c2cccc(-c3cc(-c4cccc(-c5c6ccccc6c(-c6cccc7c6-c6cc8ccccc8cc6C76C7CC8CC(C7)CC6C8)c6ccccc56)c4)nc(-c4ccccc4)n3)c2)cc1. The molecule has 1 heterocycles. The third-order valence-corrected chi connectivity index (χ3v) is 17.2. The van der Waals surface area contributed by atoms with E-state index in [-0.39, 0.29) is 5.41 Å². The summed E-state index contributed by atoms with van der Waals surface area (Å²) in [5, 5.41) is 7.81. The van der Waals surface area contributed by atoms with Crippen molar-refractivity contribution in [2.24, 2.45) is 23.7 Å². The number of benzene rings is 10. The molecule has 4 bridgehead atoms. The van der Waals surface area contributed by atoms with Gasteiger partial charge in [-0.1, -0.05) is 188 Å². The average molecular weight is 895 g/mol. The molecule has 0 aliphatic heterocycles. The first-order valence-electron chi connectivity index (χ1n) is 25.5. The van der Waals surface area contributed by atoms with Crippen molar-refractivity contribution in [3.8, 4) is 78.4 Å². The Morgan fingerprint density at radius 3 is 1.43 bits per heavy atom. The molecule has 0 radical (unpaired) electrons. The third kappa shape index (κ3) is 5.99. The summed E-state index contributed by atoms with van der Waals surface area (Å²) in [5.74, 6) is 3.88. The fourth-order valence-electron chi connectivity index (χ4n) is 14.6. The zero-order chi connectivity index (χ0) is 45.9. The van der Waals surface area contributed by atoms with E-state index in [2.05, 4.69) is 212 Å². The van der Waals surface area contributed by atoms with Gasteiger partial charge in [0.1, 0.15) is 0 Å². The predicted molar refractivity (Wildman–Crippen MR) is 290 cm³/mol. The lowest BCUT2D eigenvalue weighted by Crippen LogP contribution is -2.55. The van der Waals surface area contributed by atoms with Gasteiger partial charge in [0.25, 0.3) is 0 Å². The van der Waals surface area contributed by atoms with Gasteiger partial charge in [-0.2, -0.15) is 0 Å². The Balaban J connectivity index is 0.928. The van der Waals surface area contributed by atoms with Gasteiger partial charge in [0.15, 0.2) is 5.82 Å². The molecule has 4 saturated carbocycles.